The number of hydrogen-bond acceptors (Lipinski definition) is 6. The molecule has 0 aliphatic carbocycles. The number of methoxy groups -OCH3 is 1. The van der Waals surface area contributed by atoms with Crippen LogP contribution >= 0.6 is 15.9 Å². The van der Waals surface area contributed by atoms with Gasteiger partial charge < -0.3 is 20.1 Å². The molecule has 8 nitrogen and oxygen atoms in total. The van der Waals surface area contributed by atoms with Crippen LogP contribution in [0.4, 0.5) is 11.6 Å². The molecule has 0 fully saturated rings. The predicted molar refractivity (Wildman–Crippen MR) is 110 cm³/mol. The van der Waals surface area contributed by atoms with E-state index in [2.05, 4.69) is 41.7 Å². The van der Waals surface area contributed by atoms with Crippen molar-refractivity contribution in [1.82, 2.24) is 15.2 Å². The van der Waals surface area contributed by atoms with Crippen molar-refractivity contribution < 1.29 is 14.3 Å². The van der Waals surface area contributed by atoms with Crippen LogP contribution in [0.5, 0.6) is 11.5 Å². The van der Waals surface area contributed by atoms with Crippen molar-refractivity contribution in [2.24, 2.45) is 0 Å². The van der Waals surface area contributed by atoms with E-state index < -0.39 is 0 Å². The van der Waals surface area contributed by atoms with E-state index in [0.29, 0.717) is 24.0 Å². The number of benzene rings is 2. The lowest BCUT2D eigenvalue weighted by molar-refractivity contribution is -0.118. The lowest BCUT2D eigenvalue weighted by atomic mass is 10.2. The van der Waals surface area contributed by atoms with Crippen molar-refractivity contribution in [3.8, 4) is 11.5 Å². The highest BCUT2D eigenvalue weighted by Gasteiger charge is 2.13. The van der Waals surface area contributed by atoms with Gasteiger partial charge in [-0.15, -0.1) is 0 Å². The first-order chi connectivity index (χ1) is 13.5. The van der Waals surface area contributed by atoms with Gasteiger partial charge in [0, 0.05) is 16.7 Å². The van der Waals surface area contributed by atoms with E-state index in [1.54, 1.807) is 13.2 Å². The smallest absolute Gasteiger partial charge is 0.262 e. The summed E-state index contributed by atoms with van der Waals surface area (Å²) in [6.45, 7) is 2.36. The second-order valence-electron chi connectivity index (χ2n) is 5.98. The molecule has 3 aromatic rings. The molecule has 2 aromatic carbocycles. The third-order valence-corrected chi connectivity index (χ3v) is 4.63. The fourth-order valence-corrected chi connectivity index (χ4v) is 2.89. The number of nitrogens with one attached hydrogen (secondary N) is 3. The molecule has 0 aliphatic rings. The highest BCUT2D eigenvalue weighted by Crippen LogP contribution is 2.34. The first kappa shape index (κ1) is 19.7. The van der Waals surface area contributed by atoms with Gasteiger partial charge in [0.05, 0.1) is 7.11 Å². The van der Waals surface area contributed by atoms with Gasteiger partial charge in [-0.2, -0.15) is 5.10 Å². The van der Waals surface area contributed by atoms with Gasteiger partial charge in [-0.25, -0.2) is 10.1 Å². The quantitative estimate of drug-likeness (QED) is 0.490. The molecule has 146 valence electrons. The molecular weight excluding hydrogens is 426 g/mol. The summed E-state index contributed by atoms with van der Waals surface area (Å²) in [7, 11) is 1.55. The number of H-pyrrole nitrogens is 1. The lowest BCUT2D eigenvalue weighted by Gasteiger charge is -2.14. The molecule has 0 bridgehead atoms. The second kappa shape index (κ2) is 9.23. The van der Waals surface area contributed by atoms with Crippen molar-refractivity contribution in [3.63, 3.8) is 0 Å². The van der Waals surface area contributed by atoms with E-state index in [0.717, 1.165) is 21.3 Å². The Hall–Kier alpha value is -3.07. The number of halogens is 1. The van der Waals surface area contributed by atoms with E-state index in [-0.39, 0.29) is 12.5 Å². The molecule has 0 spiro atoms. The Morgan fingerprint density at radius 2 is 2.00 bits per heavy atom. The van der Waals surface area contributed by atoms with E-state index in [1.807, 2.05) is 37.3 Å². The SMILES string of the molecule is COc1cc(CNc2ncn[nH]2)c(Br)cc1OCC(=O)Nc1ccc(C)cc1. The largest absolute Gasteiger partial charge is 0.493 e. The van der Waals surface area contributed by atoms with E-state index >= 15 is 0 Å². The molecule has 1 amide bonds. The van der Waals surface area contributed by atoms with Crippen molar-refractivity contribution in [2.75, 3.05) is 24.4 Å². The number of carbonyl (C=O) groups is 1. The molecule has 0 radical (unpaired) electrons. The van der Waals surface area contributed by atoms with Crippen LogP contribution in [0.3, 0.4) is 0 Å². The van der Waals surface area contributed by atoms with Crippen LogP contribution in [0.2, 0.25) is 0 Å². The van der Waals surface area contributed by atoms with Crippen LogP contribution in [-0.2, 0) is 11.3 Å². The topological polar surface area (TPSA) is 101 Å². The maximum atomic E-state index is 12.1. The van der Waals surface area contributed by atoms with Gasteiger partial charge in [-0.05, 0) is 36.8 Å². The Kier molecular flexibility index (Phi) is 6.49. The van der Waals surface area contributed by atoms with E-state index in [9.17, 15) is 4.79 Å². The van der Waals surface area contributed by atoms with Crippen molar-refractivity contribution in [2.45, 2.75) is 13.5 Å². The maximum Gasteiger partial charge on any atom is 0.262 e. The Morgan fingerprint density at radius 3 is 2.68 bits per heavy atom. The number of aromatic nitrogens is 3. The van der Waals surface area contributed by atoms with Crippen LogP contribution in [0.15, 0.2) is 47.2 Å². The fraction of sp³-hybridized carbons (Fsp3) is 0.211. The van der Waals surface area contributed by atoms with Crippen molar-refractivity contribution >= 4 is 33.5 Å². The summed E-state index contributed by atoms with van der Waals surface area (Å²) in [5, 5.41) is 12.4. The van der Waals surface area contributed by atoms with Crippen molar-refractivity contribution in [1.29, 1.82) is 0 Å². The summed E-state index contributed by atoms with van der Waals surface area (Å²) < 4.78 is 11.9. The van der Waals surface area contributed by atoms with Gasteiger partial charge in [0.2, 0.25) is 5.95 Å². The molecule has 28 heavy (non-hydrogen) atoms. The van der Waals surface area contributed by atoms with Gasteiger partial charge >= 0.3 is 0 Å². The zero-order valence-electron chi connectivity index (χ0n) is 15.5. The molecule has 3 rings (SSSR count). The molecular formula is C19H20BrN5O3. The monoisotopic (exact) mass is 445 g/mol. The Bertz CT molecular complexity index is 929. The van der Waals surface area contributed by atoms with Crippen LogP contribution in [0.25, 0.3) is 0 Å². The average Bonchev–Trinajstić information content (AvgIpc) is 3.21. The number of anilines is 2. The van der Waals surface area contributed by atoms with E-state index in [1.165, 1.54) is 6.33 Å². The molecule has 1 heterocycles. The Balaban J connectivity index is 1.61. The number of aromatic amines is 1. The molecule has 0 saturated carbocycles. The number of ether oxygens (including phenoxy) is 2. The highest BCUT2D eigenvalue weighted by molar-refractivity contribution is 9.10. The van der Waals surface area contributed by atoms with E-state index in [4.69, 9.17) is 9.47 Å². The molecule has 1 aromatic heterocycles. The van der Waals surface area contributed by atoms with Crippen LogP contribution < -0.4 is 20.1 Å². The first-order valence-corrected chi connectivity index (χ1v) is 9.29. The predicted octanol–water partition coefficient (Wildman–Crippen LogP) is 3.51. The van der Waals surface area contributed by atoms with Gasteiger partial charge in [0.25, 0.3) is 5.91 Å². The molecule has 0 saturated heterocycles. The third kappa shape index (κ3) is 5.23. The number of hydrogen-bond donors (Lipinski definition) is 3. The summed E-state index contributed by atoms with van der Waals surface area (Å²) in [6, 6.07) is 11.2. The molecule has 3 N–H and O–H groups in total. The van der Waals surface area contributed by atoms with Crippen LogP contribution in [-0.4, -0.2) is 34.8 Å². The summed E-state index contributed by atoms with van der Waals surface area (Å²) in [5.74, 6) is 1.31. The maximum absolute atomic E-state index is 12.1. The third-order valence-electron chi connectivity index (χ3n) is 3.89. The number of rotatable bonds is 8. The minimum Gasteiger partial charge on any atom is -0.493 e. The number of amides is 1. The molecule has 0 unspecified atom stereocenters. The normalized spacial score (nSPS) is 10.4. The van der Waals surface area contributed by atoms with Gasteiger partial charge in [0.1, 0.15) is 6.33 Å². The molecule has 9 heteroatoms. The summed E-state index contributed by atoms with van der Waals surface area (Å²) >= 11 is 3.52. The van der Waals surface area contributed by atoms with Gasteiger partial charge in [-0.3, -0.25) is 4.79 Å². The molecule has 0 aliphatic heterocycles. The zero-order valence-corrected chi connectivity index (χ0v) is 17.0. The number of nitrogens with zero attached hydrogens (tertiary/aromatic N) is 2. The second-order valence-corrected chi connectivity index (χ2v) is 6.84. The van der Waals surface area contributed by atoms with Gasteiger partial charge in [-0.1, -0.05) is 33.6 Å². The first-order valence-electron chi connectivity index (χ1n) is 8.50. The summed E-state index contributed by atoms with van der Waals surface area (Å²) in [6.07, 6.45) is 1.43. The minimum absolute atomic E-state index is 0.133. The molecule has 0 atom stereocenters. The summed E-state index contributed by atoms with van der Waals surface area (Å²) in [5.41, 5.74) is 2.78. The lowest BCUT2D eigenvalue weighted by Crippen LogP contribution is -2.20. The number of carbonyl (C=O) groups excluding carboxylic acids is 1. The van der Waals surface area contributed by atoms with Crippen LogP contribution in [0.1, 0.15) is 11.1 Å². The Labute approximate surface area is 170 Å². The van der Waals surface area contributed by atoms with Gasteiger partial charge in [0.15, 0.2) is 18.1 Å². The minimum atomic E-state index is -0.252. The highest BCUT2D eigenvalue weighted by atomic mass is 79.9. The fourth-order valence-electron chi connectivity index (χ4n) is 2.43. The average molecular weight is 446 g/mol. The standard InChI is InChI=1S/C19H20BrN5O3/c1-12-3-5-14(6-4-12)24-18(26)10-28-17-8-15(20)13(7-16(17)27-2)9-21-19-22-11-23-25-19/h3-8,11H,9-10H2,1-2H3,(H,24,26)(H2,21,22,23,25). The number of aryl methyl sites for hydroxylation is 1. The Morgan fingerprint density at radius 1 is 1.21 bits per heavy atom. The van der Waals surface area contributed by atoms with Crippen LogP contribution in [0, 0.1) is 6.92 Å². The summed E-state index contributed by atoms with van der Waals surface area (Å²) in [4.78, 5) is 16.2. The van der Waals surface area contributed by atoms with Crippen molar-refractivity contribution in [3.05, 3.63) is 58.3 Å². The zero-order chi connectivity index (χ0) is 19.9.